The third kappa shape index (κ3) is 3.10. The Bertz CT molecular complexity index is 474. The number of carboxylic acid groups (broad SMARTS) is 2. The molecule has 5 nitrogen and oxygen atoms in total. The molecule has 0 saturated heterocycles. The number of carbonyl (C=O) groups is 3. The van der Waals surface area contributed by atoms with Gasteiger partial charge in [0.05, 0.1) is 0 Å². The lowest BCUT2D eigenvalue weighted by atomic mass is 9.64. The number of allylic oxidation sites excluding steroid dienone is 1. The number of rotatable bonds is 4. The van der Waals surface area contributed by atoms with Crippen LogP contribution in [-0.2, 0) is 14.4 Å². The average Bonchev–Trinajstić information content (AvgIpc) is 2.30. The first-order valence-electron chi connectivity index (χ1n) is 6.05. The van der Waals surface area contributed by atoms with E-state index in [2.05, 4.69) is 6.58 Å². The van der Waals surface area contributed by atoms with E-state index in [1.54, 1.807) is 6.92 Å². The molecule has 1 rings (SSSR count). The van der Waals surface area contributed by atoms with Crippen LogP contribution in [0, 0.1) is 11.3 Å². The predicted molar refractivity (Wildman–Crippen MR) is 68.6 cm³/mol. The van der Waals surface area contributed by atoms with Gasteiger partial charge in [-0.15, -0.1) is 0 Å². The Labute approximate surface area is 111 Å². The Morgan fingerprint density at radius 2 is 1.95 bits per heavy atom. The van der Waals surface area contributed by atoms with Crippen LogP contribution in [0.1, 0.15) is 33.1 Å². The van der Waals surface area contributed by atoms with Crippen LogP contribution < -0.4 is 0 Å². The molecule has 0 heterocycles. The van der Waals surface area contributed by atoms with Gasteiger partial charge in [0.1, 0.15) is 5.78 Å². The van der Waals surface area contributed by atoms with E-state index in [4.69, 9.17) is 10.2 Å². The van der Waals surface area contributed by atoms with E-state index in [0.29, 0.717) is 24.8 Å². The van der Waals surface area contributed by atoms with Crippen molar-refractivity contribution in [3.8, 4) is 0 Å². The van der Waals surface area contributed by atoms with Crippen molar-refractivity contribution in [2.45, 2.75) is 33.1 Å². The second-order valence-corrected chi connectivity index (χ2v) is 5.17. The van der Waals surface area contributed by atoms with Crippen LogP contribution in [0.25, 0.3) is 0 Å². The first kappa shape index (κ1) is 15.1. The average molecular weight is 266 g/mol. The Morgan fingerprint density at radius 3 is 2.37 bits per heavy atom. The van der Waals surface area contributed by atoms with Crippen LogP contribution in [0.2, 0.25) is 0 Å². The van der Waals surface area contributed by atoms with Gasteiger partial charge < -0.3 is 10.2 Å². The molecule has 1 saturated carbocycles. The van der Waals surface area contributed by atoms with Crippen molar-refractivity contribution < 1.29 is 24.6 Å². The fourth-order valence-electron chi connectivity index (χ4n) is 2.55. The quantitative estimate of drug-likeness (QED) is 0.760. The highest BCUT2D eigenvalue weighted by Gasteiger charge is 2.41. The molecule has 0 bridgehead atoms. The third-order valence-electron chi connectivity index (χ3n) is 3.97. The Kier molecular flexibility index (Phi) is 4.29. The largest absolute Gasteiger partial charge is 0.478 e. The second-order valence-electron chi connectivity index (χ2n) is 5.17. The van der Waals surface area contributed by atoms with E-state index < -0.39 is 17.4 Å². The van der Waals surface area contributed by atoms with E-state index in [9.17, 15) is 14.4 Å². The minimum atomic E-state index is -1.09. The second kappa shape index (κ2) is 5.38. The van der Waals surface area contributed by atoms with Gasteiger partial charge >= 0.3 is 11.9 Å². The third-order valence-corrected chi connectivity index (χ3v) is 3.97. The van der Waals surface area contributed by atoms with Crippen LogP contribution in [0.4, 0.5) is 0 Å². The SMILES string of the molecule is C=C(C(=O)O)[C@@H]1CC/C(=C/C(=O)O)[C@@](C)(C(C)=O)C1. The normalized spacial score (nSPS) is 28.9. The van der Waals surface area contributed by atoms with Crippen LogP contribution >= 0.6 is 0 Å². The summed E-state index contributed by atoms with van der Waals surface area (Å²) >= 11 is 0. The summed E-state index contributed by atoms with van der Waals surface area (Å²) in [5.41, 5.74) is -0.275. The van der Waals surface area contributed by atoms with Crippen LogP contribution in [0.5, 0.6) is 0 Å². The maximum Gasteiger partial charge on any atom is 0.331 e. The minimum Gasteiger partial charge on any atom is -0.478 e. The van der Waals surface area contributed by atoms with Gasteiger partial charge in [0.25, 0.3) is 0 Å². The van der Waals surface area contributed by atoms with Crippen molar-refractivity contribution in [3.63, 3.8) is 0 Å². The number of hydrogen-bond donors (Lipinski definition) is 2. The molecule has 0 spiro atoms. The zero-order valence-electron chi connectivity index (χ0n) is 11.1. The number of Topliss-reactive ketones (excluding diaryl/α,β-unsaturated/α-hetero) is 1. The van der Waals surface area contributed by atoms with E-state index in [1.165, 1.54) is 6.92 Å². The highest BCUT2D eigenvalue weighted by molar-refractivity contribution is 5.90. The van der Waals surface area contributed by atoms with Crippen molar-refractivity contribution in [2.24, 2.45) is 11.3 Å². The van der Waals surface area contributed by atoms with E-state index >= 15 is 0 Å². The van der Waals surface area contributed by atoms with Crippen LogP contribution in [0.3, 0.4) is 0 Å². The summed E-state index contributed by atoms with van der Waals surface area (Å²) in [5, 5.41) is 17.8. The maximum atomic E-state index is 11.8. The van der Waals surface area contributed by atoms with Crippen molar-refractivity contribution in [1.82, 2.24) is 0 Å². The number of aliphatic carboxylic acids is 2. The van der Waals surface area contributed by atoms with Gasteiger partial charge in [0.15, 0.2) is 0 Å². The summed E-state index contributed by atoms with van der Waals surface area (Å²) in [5.74, 6) is -2.60. The number of hydrogen-bond acceptors (Lipinski definition) is 3. The number of ketones is 1. The zero-order valence-corrected chi connectivity index (χ0v) is 11.1. The van der Waals surface area contributed by atoms with Gasteiger partial charge in [-0.1, -0.05) is 6.58 Å². The monoisotopic (exact) mass is 266 g/mol. The van der Waals surface area contributed by atoms with Crippen LogP contribution in [-0.4, -0.2) is 27.9 Å². The highest BCUT2D eigenvalue weighted by atomic mass is 16.4. The topological polar surface area (TPSA) is 91.7 Å². The van der Waals surface area contributed by atoms with Gasteiger partial charge in [-0.25, -0.2) is 9.59 Å². The molecule has 5 heteroatoms. The van der Waals surface area contributed by atoms with E-state index in [1.807, 2.05) is 0 Å². The van der Waals surface area contributed by atoms with Gasteiger partial charge in [-0.2, -0.15) is 0 Å². The summed E-state index contributed by atoms with van der Waals surface area (Å²) in [7, 11) is 0. The maximum absolute atomic E-state index is 11.8. The summed E-state index contributed by atoms with van der Waals surface area (Å²) < 4.78 is 0. The van der Waals surface area contributed by atoms with E-state index in [0.717, 1.165) is 6.08 Å². The fraction of sp³-hybridized carbons (Fsp3) is 0.500. The summed E-state index contributed by atoms with van der Waals surface area (Å²) in [6, 6.07) is 0. The lowest BCUT2D eigenvalue weighted by Gasteiger charge is -2.38. The molecule has 0 radical (unpaired) electrons. The number of carbonyl (C=O) groups excluding carboxylic acids is 1. The van der Waals surface area contributed by atoms with E-state index in [-0.39, 0.29) is 17.3 Å². The molecule has 104 valence electrons. The Hall–Kier alpha value is -1.91. The molecular weight excluding hydrogens is 248 g/mol. The molecule has 1 aliphatic carbocycles. The molecule has 0 aromatic carbocycles. The molecule has 0 amide bonds. The summed E-state index contributed by atoms with van der Waals surface area (Å²) in [6.07, 6.45) is 2.28. The summed E-state index contributed by atoms with van der Waals surface area (Å²) in [6.45, 7) is 6.62. The van der Waals surface area contributed by atoms with Gasteiger partial charge in [-0.3, -0.25) is 4.79 Å². The standard InChI is InChI=1S/C14H18O5/c1-8(13(18)19)10-4-5-11(6-12(16)17)14(3,7-10)9(2)15/h6,10H,1,4-5,7H2,2-3H3,(H,16,17)(H,18,19)/b11-6-/t10-,14-/m1/s1. The highest BCUT2D eigenvalue weighted by Crippen LogP contribution is 2.45. The van der Waals surface area contributed by atoms with Crippen molar-refractivity contribution in [1.29, 1.82) is 0 Å². The predicted octanol–water partition coefficient (Wildman–Crippen LogP) is 2.03. The molecule has 19 heavy (non-hydrogen) atoms. The molecule has 0 unspecified atom stereocenters. The van der Waals surface area contributed by atoms with Crippen molar-refractivity contribution in [3.05, 3.63) is 23.8 Å². The fourth-order valence-corrected chi connectivity index (χ4v) is 2.55. The molecule has 2 N–H and O–H groups in total. The molecule has 1 fully saturated rings. The first-order valence-corrected chi connectivity index (χ1v) is 6.05. The molecule has 1 aliphatic rings. The van der Waals surface area contributed by atoms with Gasteiger partial charge in [-0.05, 0) is 44.6 Å². The molecule has 0 aromatic rings. The summed E-state index contributed by atoms with van der Waals surface area (Å²) in [4.78, 5) is 33.6. The van der Waals surface area contributed by atoms with Crippen LogP contribution in [0.15, 0.2) is 23.8 Å². The molecule has 0 aliphatic heterocycles. The van der Waals surface area contributed by atoms with Gasteiger partial charge in [0, 0.05) is 17.1 Å². The minimum absolute atomic E-state index is 0.0850. The van der Waals surface area contributed by atoms with Crippen molar-refractivity contribution in [2.75, 3.05) is 0 Å². The lowest BCUT2D eigenvalue weighted by Crippen LogP contribution is -2.36. The Morgan fingerprint density at radius 1 is 1.37 bits per heavy atom. The number of carboxylic acids is 2. The Balaban J connectivity index is 3.09. The first-order chi connectivity index (χ1) is 8.68. The van der Waals surface area contributed by atoms with Crippen molar-refractivity contribution >= 4 is 17.7 Å². The molecule has 2 atom stereocenters. The molecular formula is C14H18O5. The van der Waals surface area contributed by atoms with Gasteiger partial charge in [0.2, 0.25) is 0 Å². The zero-order chi connectivity index (χ0) is 14.8. The molecule has 0 aromatic heterocycles. The lowest BCUT2D eigenvalue weighted by molar-refractivity contribution is -0.134. The smallest absolute Gasteiger partial charge is 0.331 e.